The molecule has 0 aliphatic heterocycles. The molecule has 17 heavy (non-hydrogen) atoms. The van der Waals surface area contributed by atoms with Crippen molar-refractivity contribution in [2.24, 2.45) is 5.92 Å². The number of likely N-dealkylation sites (N-methyl/N-ethyl adjacent to an activating group) is 1. The van der Waals surface area contributed by atoms with E-state index in [1.807, 2.05) is 0 Å². The molecule has 1 atom stereocenters. The zero-order valence-corrected chi connectivity index (χ0v) is 9.93. The number of aliphatic hydroxyl groups excluding tert-OH is 1. The maximum atomic E-state index is 11.7. The second kappa shape index (κ2) is 5.23. The van der Waals surface area contributed by atoms with Gasteiger partial charge in [-0.1, -0.05) is 0 Å². The number of hydrogen-bond donors (Lipinski definition) is 2. The standard InChI is InChI=1S/C12H18N2O3/c1-14(8-11(15)9-4-5-9)12(16)13-7-10-3-2-6-17-10/h2-3,6,9,11,15H,4-5,7-8H2,1H3,(H,13,16). The van der Waals surface area contributed by atoms with E-state index in [1.165, 1.54) is 4.90 Å². The Hall–Kier alpha value is -1.49. The van der Waals surface area contributed by atoms with Crippen molar-refractivity contribution in [1.29, 1.82) is 0 Å². The molecule has 2 rings (SSSR count). The van der Waals surface area contributed by atoms with E-state index in [-0.39, 0.29) is 6.03 Å². The highest BCUT2D eigenvalue weighted by Crippen LogP contribution is 2.32. The fraction of sp³-hybridized carbons (Fsp3) is 0.583. The number of hydrogen-bond acceptors (Lipinski definition) is 3. The number of nitrogens with zero attached hydrogens (tertiary/aromatic N) is 1. The number of amides is 2. The van der Waals surface area contributed by atoms with Gasteiger partial charge in [0.25, 0.3) is 0 Å². The topological polar surface area (TPSA) is 65.7 Å². The van der Waals surface area contributed by atoms with E-state index in [2.05, 4.69) is 5.32 Å². The first-order valence-electron chi connectivity index (χ1n) is 5.86. The smallest absolute Gasteiger partial charge is 0.317 e. The number of carbonyl (C=O) groups excluding carboxylic acids is 1. The molecule has 0 spiro atoms. The maximum absolute atomic E-state index is 11.7. The van der Waals surface area contributed by atoms with Gasteiger partial charge in [0.15, 0.2) is 0 Å². The third-order valence-corrected chi connectivity index (χ3v) is 2.97. The lowest BCUT2D eigenvalue weighted by atomic mass is 10.2. The molecule has 1 aromatic heterocycles. The van der Waals surface area contributed by atoms with Gasteiger partial charge >= 0.3 is 6.03 Å². The van der Waals surface area contributed by atoms with Gasteiger partial charge in [0, 0.05) is 13.6 Å². The molecule has 1 aliphatic carbocycles. The van der Waals surface area contributed by atoms with E-state index < -0.39 is 6.10 Å². The number of furan rings is 1. The van der Waals surface area contributed by atoms with Crippen LogP contribution < -0.4 is 5.32 Å². The third-order valence-electron chi connectivity index (χ3n) is 2.97. The Balaban J connectivity index is 1.71. The van der Waals surface area contributed by atoms with E-state index in [9.17, 15) is 9.90 Å². The fourth-order valence-corrected chi connectivity index (χ4v) is 1.70. The molecule has 0 bridgehead atoms. The molecule has 2 amide bonds. The quantitative estimate of drug-likeness (QED) is 0.809. The van der Waals surface area contributed by atoms with Gasteiger partial charge in [0.1, 0.15) is 5.76 Å². The van der Waals surface area contributed by atoms with Gasteiger partial charge in [-0.05, 0) is 30.9 Å². The lowest BCUT2D eigenvalue weighted by Gasteiger charge is -2.20. The van der Waals surface area contributed by atoms with Crippen molar-refractivity contribution in [3.63, 3.8) is 0 Å². The van der Waals surface area contributed by atoms with Crippen LogP contribution in [0.2, 0.25) is 0 Å². The van der Waals surface area contributed by atoms with Crippen LogP contribution in [0.15, 0.2) is 22.8 Å². The Bertz CT molecular complexity index is 360. The van der Waals surface area contributed by atoms with Crippen molar-refractivity contribution in [3.8, 4) is 0 Å². The van der Waals surface area contributed by atoms with E-state index in [0.29, 0.717) is 19.0 Å². The number of carbonyl (C=O) groups is 1. The SMILES string of the molecule is CN(CC(O)C1CC1)C(=O)NCc1ccco1. The van der Waals surface area contributed by atoms with Gasteiger partial charge < -0.3 is 19.7 Å². The van der Waals surface area contributed by atoms with E-state index in [0.717, 1.165) is 18.6 Å². The Morgan fingerprint density at radius 3 is 3.06 bits per heavy atom. The lowest BCUT2D eigenvalue weighted by Crippen LogP contribution is -2.41. The number of aliphatic hydroxyl groups is 1. The van der Waals surface area contributed by atoms with Crippen LogP contribution in [0.1, 0.15) is 18.6 Å². The summed E-state index contributed by atoms with van der Waals surface area (Å²) in [5, 5.41) is 12.5. The van der Waals surface area contributed by atoms with Crippen LogP contribution in [0.25, 0.3) is 0 Å². The largest absolute Gasteiger partial charge is 0.467 e. The van der Waals surface area contributed by atoms with E-state index >= 15 is 0 Å². The molecule has 1 fully saturated rings. The molecule has 1 aliphatic rings. The highest BCUT2D eigenvalue weighted by molar-refractivity contribution is 5.73. The van der Waals surface area contributed by atoms with Gasteiger partial charge in [-0.3, -0.25) is 0 Å². The summed E-state index contributed by atoms with van der Waals surface area (Å²) in [5.41, 5.74) is 0. The molecule has 0 radical (unpaired) electrons. The van der Waals surface area contributed by atoms with Crippen molar-refractivity contribution >= 4 is 6.03 Å². The fourth-order valence-electron chi connectivity index (χ4n) is 1.70. The Morgan fingerprint density at radius 1 is 1.71 bits per heavy atom. The predicted molar refractivity (Wildman–Crippen MR) is 62.3 cm³/mol. The molecule has 1 unspecified atom stereocenters. The summed E-state index contributed by atoms with van der Waals surface area (Å²) in [6.45, 7) is 0.754. The first-order valence-corrected chi connectivity index (χ1v) is 5.86. The number of rotatable bonds is 5. The van der Waals surface area contributed by atoms with Gasteiger partial charge in [0.2, 0.25) is 0 Å². The van der Waals surface area contributed by atoms with Crippen LogP contribution in [0.4, 0.5) is 4.79 Å². The van der Waals surface area contributed by atoms with Crippen molar-refractivity contribution in [2.45, 2.75) is 25.5 Å². The minimum atomic E-state index is -0.394. The summed E-state index contributed by atoms with van der Waals surface area (Å²) in [5.74, 6) is 1.10. The summed E-state index contributed by atoms with van der Waals surface area (Å²) in [4.78, 5) is 13.2. The van der Waals surface area contributed by atoms with Crippen molar-refractivity contribution in [1.82, 2.24) is 10.2 Å². The summed E-state index contributed by atoms with van der Waals surface area (Å²) in [6, 6.07) is 3.39. The highest BCUT2D eigenvalue weighted by Gasteiger charge is 2.31. The third kappa shape index (κ3) is 3.49. The second-order valence-corrected chi connectivity index (χ2v) is 4.52. The van der Waals surface area contributed by atoms with Gasteiger partial charge in [-0.2, -0.15) is 0 Å². The highest BCUT2D eigenvalue weighted by atomic mass is 16.3. The summed E-state index contributed by atoms with van der Waals surface area (Å²) in [6.07, 6.45) is 3.32. The molecule has 1 saturated carbocycles. The van der Waals surface area contributed by atoms with E-state index in [1.54, 1.807) is 25.4 Å². The Labute approximate surface area is 100 Å². The van der Waals surface area contributed by atoms with Crippen molar-refractivity contribution in [3.05, 3.63) is 24.2 Å². The first-order chi connectivity index (χ1) is 8.16. The minimum absolute atomic E-state index is 0.193. The summed E-state index contributed by atoms with van der Waals surface area (Å²) in [7, 11) is 1.68. The number of urea groups is 1. The molecule has 0 aromatic carbocycles. The predicted octanol–water partition coefficient (Wildman–Crippen LogP) is 1.19. The number of nitrogens with one attached hydrogen (secondary N) is 1. The molecular weight excluding hydrogens is 220 g/mol. The zero-order valence-electron chi connectivity index (χ0n) is 9.93. The maximum Gasteiger partial charge on any atom is 0.317 e. The van der Waals surface area contributed by atoms with Crippen LogP contribution in [0.3, 0.4) is 0 Å². The summed E-state index contributed by atoms with van der Waals surface area (Å²) < 4.78 is 5.11. The van der Waals surface area contributed by atoms with E-state index in [4.69, 9.17) is 4.42 Å². The van der Waals surface area contributed by atoms with Gasteiger partial charge in [-0.15, -0.1) is 0 Å². The van der Waals surface area contributed by atoms with Gasteiger partial charge in [-0.25, -0.2) is 4.79 Å². The van der Waals surface area contributed by atoms with Crippen LogP contribution in [0.5, 0.6) is 0 Å². The molecular formula is C12H18N2O3. The van der Waals surface area contributed by atoms with Crippen LogP contribution >= 0.6 is 0 Å². The first kappa shape index (κ1) is 12.0. The van der Waals surface area contributed by atoms with Crippen LogP contribution in [0, 0.1) is 5.92 Å². The Morgan fingerprint density at radius 2 is 2.47 bits per heavy atom. The van der Waals surface area contributed by atoms with Crippen LogP contribution in [-0.4, -0.2) is 35.7 Å². The Kier molecular flexibility index (Phi) is 3.68. The zero-order chi connectivity index (χ0) is 12.3. The van der Waals surface area contributed by atoms with Crippen molar-refractivity contribution < 1.29 is 14.3 Å². The lowest BCUT2D eigenvalue weighted by molar-refractivity contribution is 0.113. The second-order valence-electron chi connectivity index (χ2n) is 4.52. The molecule has 1 heterocycles. The normalized spacial score (nSPS) is 16.6. The monoisotopic (exact) mass is 238 g/mol. The van der Waals surface area contributed by atoms with Crippen LogP contribution in [-0.2, 0) is 6.54 Å². The molecule has 5 heteroatoms. The molecule has 94 valence electrons. The van der Waals surface area contributed by atoms with Crippen molar-refractivity contribution in [2.75, 3.05) is 13.6 Å². The summed E-state index contributed by atoms with van der Waals surface area (Å²) >= 11 is 0. The minimum Gasteiger partial charge on any atom is -0.467 e. The molecule has 2 N–H and O–H groups in total. The average Bonchev–Trinajstić information content (AvgIpc) is 3.04. The molecule has 0 saturated heterocycles. The molecule has 1 aromatic rings. The van der Waals surface area contributed by atoms with Gasteiger partial charge in [0.05, 0.1) is 18.9 Å². The molecule has 5 nitrogen and oxygen atoms in total. The average molecular weight is 238 g/mol.